The van der Waals surface area contributed by atoms with Gasteiger partial charge in [-0.2, -0.15) is 0 Å². The number of nitrogens with zero attached hydrogens (tertiary/aromatic N) is 1. The molecule has 0 aliphatic heterocycles. The average molecular weight is 280 g/mol. The van der Waals surface area contributed by atoms with Crippen LogP contribution in [0.2, 0.25) is 0 Å². The third-order valence-corrected chi connectivity index (χ3v) is 3.97. The van der Waals surface area contributed by atoms with Crippen molar-refractivity contribution in [1.29, 1.82) is 0 Å². The van der Waals surface area contributed by atoms with Gasteiger partial charge in [-0.15, -0.1) is 0 Å². The van der Waals surface area contributed by atoms with E-state index in [1.807, 2.05) is 0 Å². The Kier molecular flexibility index (Phi) is 4.93. The maximum atomic E-state index is 13.0. The van der Waals surface area contributed by atoms with Gasteiger partial charge in [-0.25, -0.2) is 14.2 Å². The maximum absolute atomic E-state index is 13.0. The molecule has 1 saturated carbocycles. The summed E-state index contributed by atoms with van der Waals surface area (Å²) in [5.41, 5.74) is -0.109. The van der Waals surface area contributed by atoms with Gasteiger partial charge in [0.1, 0.15) is 17.2 Å². The van der Waals surface area contributed by atoms with Gasteiger partial charge in [-0.05, 0) is 30.7 Å². The molecule has 1 aromatic rings. The van der Waals surface area contributed by atoms with E-state index >= 15 is 0 Å². The fourth-order valence-corrected chi connectivity index (χ4v) is 2.96. The Hall–Kier alpha value is -1.65. The first-order valence-corrected chi connectivity index (χ1v) is 7.19. The van der Waals surface area contributed by atoms with E-state index in [0.29, 0.717) is 12.5 Å². The lowest BCUT2D eigenvalue weighted by atomic mass is 9.81. The summed E-state index contributed by atoms with van der Waals surface area (Å²) in [6.45, 7) is 2.96. The van der Waals surface area contributed by atoms with Crippen molar-refractivity contribution < 1.29 is 14.3 Å². The summed E-state index contributed by atoms with van der Waals surface area (Å²) in [6.07, 6.45) is 7.12. The van der Waals surface area contributed by atoms with Crippen LogP contribution in [-0.4, -0.2) is 22.6 Å². The first kappa shape index (κ1) is 14.8. The number of anilines is 1. The van der Waals surface area contributed by atoms with Crippen LogP contribution in [0.1, 0.15) is 49.4 Å². The number of aromatic carboxylic acids is 1. The zero-order valence-electron chi connectivity index (χ0n) is 11.7. The van der Waals surface area contributed by atoms with E-state index in [0.717, 1.165) is 24.6 Å². The lowest BCUT2D eigenvalue weighted by Crippen LogP contribution is -2.17. The summed E-state index contributed by atoms with van der Waals surface area (Å²) in [7, 11) is 0. The van der Waals surface area contributed by atoms with Crippen LogP contribution in [0.4, 0.5) is 10.2 Å². The first-order valence-electron chi connectivity index (χ1n) is 7.19. The van der Waals surface area contributed by atoms with Crippen molar-refractivity contribution in [3.05, 3.63) is 23.6 Å². The molecule has 1 aromatic heterocycles. The molecule has 2 unspecified atom stereocenters. The number of hydrogen-bond donors (Lipinski definition) is 2. The molecule has 0 amide bonds. The number of carbonyl (C=O) groups is 1. The molecule has 1 aliphatic rings. The number of aromatic nitrogens is 1. The van der Waals surface area contributed by atoms with Crippen LogP contribution in [0.15, 0.2) is 12.3 Å². The second kappa shape index (κ2) is 6.68. The first-order chi connectivity index (χ1) is 9.56. The molecule has 0 radical (unpaired) electrons. The standard InChI is InChI=1S/C15H21FN2O2/c1-10-3-2-4-11(7-10)5-6-17-14-13(15(19)20)8-12(16)9-18-14/h8-11H,2-7H2,1H3,(H,17,18)(H,19,20). The fourth-order valence-electron chi connectivity index (χ4n) is 2.96. The van der Waals surface area contributed by atoms with E-state index < -0.39 is 11.8 Å². The van der Waals surface area contributed by atoms with E-state index in [-0.39, 0.29) is 11.4 Å². The van der Waals surface area contributed by atoms with Crippen molar-refractivity contribution in [2.75, 3.05) is 11.9 Å². The molecule has 0 bridgehead atoms. The van der Waals surface area contributed by atoms with Crippen molar-refractivity contribution >= 4 is 11.8 Å². The molecule has 110 valence electrons. The normalized spacial score (nSPS) is 22.5. The van der Waals surface area contributed by atoms with Crippen LogP contribution in [0.3, 0.4) is 0 Å². The number of carboxylic acid groups (broad SMARTS) is 1. The SMILES string of the molecule is CC1CCCC(CCNc2ncc(F)cc2C(=O)O)C1. The van der Waals surface area contributed by atoms with Gasteiger partial charge in [0, 0.05) is 6.54 Å². The topological polar surface area (TPSA) is 62.2 Å². The Morgan fingerprint density at radius 2 is 2.35 bits per heavy atom. The average Bonchev–Trinajstić information content (AvgIpc) is 2.40. The second-order valence-electron chi connectivity index (χ2n) is 5.71. The number of rotatable bonds is 5. The second-order valence-corrected chi connectivity index (χ2v) is 5.71. The van der Waals surface area contributed by atoms with E-state index in [9.17, 15) is 9.18 Å². The number of carboxylic acids is 1. The van der Waals surface area contributed by atoms with Gasteiger partial charge >= 0.3 is 5.97 Å². The molecule has 0 saturated heterocycles. The molecule has 5 heteroatoms. The number of nitrogens with one attached hydrogen (secondary N) is 1. The quantitative estimate of drug-likeness (QED) is 0.866. The van der Waals surface area contributed by atoms with Crippen molar-refractivity contribution in [3.8, 4) is 0 Å². The summed E-state index contributed by atoms with van der Waals surface area (Å²) in [6, 6.07) is 1.00. The van der Waals surface area contributed by atoms with Crippen LogP contribution < -0.4 is 5.32 Å². The Balaban J connectivity index is 1.89. The summed E-state index contributed by atoms with van der Waals surface area (Å²) >= 11 is 0. The Morgan fingerprint density at radius 3 is 3.05 bits per heavy atom. The van der Waals surface area contributed by atoms with Crippen molar-refractivity contribution in [2.24, 2.45) is 11.8 Å². The lowest BCUT2D eigenvalue weighted by Gasteiger charge is -2.26. The Bertz CT molecular complexity index is 479. The van der Waals surface area contributed by atoms with E-state index in [2.05, 4.69) is 17.2 Å². The van der Waals surface area contributed by atoms with Crippen LogP contribution in [0, 0.1) is 17.7 Å². The van der Waals surface area contributed by atoms with E-state index in [1.54, 1.807) is 0 Å². The van der Waals surface area contributed by atoms with Gasteiger partial charge in [-0.1, -0.05) is 26.2 Å². The molecular formula is C15H21FN2O2. The van der Waals surface area contributed by atoms with Crippen LogP contribution in [0.25, 0.3) is 0 Å². The zero-order chi connectivity index (χ0) is 14.5. The smallest absolute Gasteiger partial charge is 0.339 e. The number of hydrogen-bond acceptors (Lipinski definition) is 3. The largest absolute Gasteiger partial charge is 0.478 e. The molecule has 1 fully saturated rings. The van der Waals surface area contributed by atoms with Gasteiger partial charge in [-0.3, -0.25) is 0 Å². The minimum Gasteiger partial charge on any atom is -0.478 e. The lowest BCUT2D eigenvalue weighted by molar-refractivity contribution is 0.0697. The van der Waals surface area contributed by atoms with Gasteiger partial charge in [0.15, 0.2) is 0 Å². The minimum atomic E-state index is -1.16. The highest BCUT2D eigenvalue weighted by Gasteiger charge is 2.19. The molecule has 2 rings (SSSR count). The van der Waals surface area contributed by atoms with Crippen molar-refractivity contribution in [1.82, 2.24) is 4.98 Å². The van der Waals surface area contributed by atoms with Gasteiger partial charge in [0.2, 0.25) is 0 Å². The molecule has 0 spiro atoms. The van der Waals surface area contributed by atoms with Gasteiger partial charge in [0.05, 0.1) is 6.20 Å². The van der Waals surface area contributed by atoms with Crippen molar-refractivity contribution in [3.63, 3.8) is 0 Å². The highest BCUT2D eigenvalue weighted by Crippen LogP contribution is 2.30. The van der Waals surface area contributed by atoms with Crippen molar-refractivity contribution in [2.45, 2.75) is 39.0 Å². The summed E-state index contributed by atoms with van der Waals surface area (Å²) in [5, 5.41) is 12.1. The van der Waals surface area contributed by atoms with Gasteiger partial charge < -0.3 is 10.4 Å². The van der Waals surface area contributed by atoms with Gasteiger partial charge in [0.25, 0.3) is 0 Å². The molecule has 1 aliphatic carbocycles. The fraction of sp³-hybridized carbons (Fsp3) is 0.600. The van der Waals surface area contributed by atoms with Crippen LogP contribution in [-0.2, 0) is 0 Å². The Labute approximate surface area is 118 Å². The third kappa shape index (κ3) is 3.92. The highest BCUT2D eigenvalue weighted by atomic mass is 19.1. The van der Waals surface area contributed by atoms with E-state index in [1.165, 1.54) is 25.7 Å². The zero-order valence-corrected chi connectivity index (χ0v) is 11.7. The molecular weight excluding hydrogens is 259 g/mol. The number of pyridine rings is 1. The monoisotopic (exact) mass is 280 g/mol. The highest BCUT2D eigenvalue weighted by molar-refractivity contribution is 5.93. The summed E-state index contributed by atoms with van der Waals surface area (Å²) < 4.78 is 13.0. The summed E-state index contributed by atoms with van der Waals surface area (Å²) in [5.74, 6) is -0.0603. The molecule has 2 atom stereocenters. The number of halogens is 1. The predicted molar refractivity (Wildman–Crippen MR) is 75.4 cm³/mol. The third-order valence-electron chi connectivity index (χ3n) is 3.97. The minimum absolute atomic E-state index is 0.109. The maximum Gasteiger partial charge on any atom is 0.339 e. The van der Waals surface area contributed by atoms with E-state index in [4.69, 9.17) is 5.11 Å². The molecule has 2 N–H and O–H groups in total. The molecule has 1 heterocycles. The predicted octanol–water partition coefficient (Wildman–Crippen LogP) is 3.55. The summed E-state index contributed by atoms with van der Waals surface area (Å²) in [4.78, 5) is 14.9. The van der Waals surface area contributed by atoms with Crippen LogP contribution in [0.5, 0.6) is 0 Å². The molecule has 4 nitrogen and oxygen atoms in total. The Morgan fingerprint density at radius 1 is 1.55 bits per heavy atom. The molecule has 20 heavy (non-hydrogen) atoms. The molecule has 0 aromatic carbocycles. The van der Waals surface area contributed by atoms with Crippen LogP contribution >= 0.6 is 0 Å².